The number of benzene rings is 2. The number of carboxylic acids is 1. The quantitative estimate of drug-likeness (QED) is 0.859. The molecule has 2 aromatic carbocycles. The predicted octanol–water partition coefficient (Wildman–Crippen LogP) is 0.473. The first kappa shape index (κ1) is 14.1. The van der Waals surface area contributed by atoms with Crippen LogP contribution in [-0.2, 0) is 16.9 Å². The van der Waals surface area contributed by atoms with Crippen molar-refractivity contribution in [3.05, 3.63) is 65.7 Å². The maximum Gasteiger partial charge on any atom is 0.157 e. The van der Waals surface area contributed by atoms with E-state index in [1.54, 1.807) is 24.3 Å². The van der Waals surface area contributed by atoms with E-state index in [1.807, 2.05) is 30.3 Å². The Kier molecular flexibility index (Phi) is 4.05. The average molecular weight is 271 g/mol. The lowest BCUT2D eigenvalue weighted by atomic mass is 9.93. The minimum absolute atomic E-state index is 0.434. The Morgan fingerprint density at radius 2 is 1.90 bits per heavy atom. The van der Waals surface area contributed by atoms with E-state index in [-0.39, 0.29) is 0 Å². The summed E-state index contributed by atoms with van der Waals surface area (Å²) in [6, 6.07) is 16.7. The highest BCUT2D eigenvalue weighted by atomic mass is 16.5. The number of quaternary nitrogens is 1. The smallest absolute Gasteiger partial charge is 0.157 e. The molecule has 3 N–H and O–H groups in total. The molecule has 0 spiro atoms. The van der Waals surface area contributed by atoms with E-state index in [0.29, 0.717) is 17.9 Å². The Bertz CT molecular complexity index is 594. The van der Waals surface area contributed by atoms with E-state index in [0.717, 1.165) is 5.56 Å². The fourth-order valence-electron chi connectivity index (χ4n) is 1.79. The van der Waals surface area contributed by atoms with Crippen LogP contribution in [-0.4, -0.2) is 5.97 Å². The van der Waals surface area contributed by atoms with E-state index in [2.05, 4.69) is 5.73 Å². The predicted molar refractivity (Wildman–Crippen MR) is 72.5 cm³/mol. The molecule has 2 aromatic rings. The largest absolute Gasteiger partial charge is 0.543 e. The van der Waals surface area contributed by atoms with E-state index in [4.69, 9.17) is 4.74 Å². The molecule has 104 valence electrons. The number of ether oxygens (including phenoxy) is 1. The third-order valence-electron chi connectivity index (χ3n) is 3.17. The van der Waals surface area contributed by atoms with Gasteiger partial charge in [-0.2, -0.15) is 0 Å². The Hall–Kier alpha value is -2.33. The van der Waals surface area contributed by atoms with Crippen LogP contribution in [0.15, 0.2) is 54.6 Å². The second-order valence-corrected chi connectivity index (χ2v) is 4.92. The fourth-order valence-corrected chi connectivity index (χ4v) is 1.79. The summed E-state index contributed by atoms with van der Waals surface area (Å²) in [7, 11) is 0. The van der Waals surface area contributed by atoms with Gasteiger partial charge < -0.3 is 20.4 Å². The number of carboxylic acid groups (broad SMARTS) is 1. The van der Waals surface area contributed by atoms with Crippen LogP contribution >= 0.6 is 0 Å². The minimum Gasteiger partial charge on any atom is -0.543 e. The van der Waals surface area contributed by atoms with Crippen molar-refractivity contribution in [2.45, 2.75) is 19.1 Å². The molecular weight excluding hydrogens is 254 g/mol. The second kappa shape index (κ2) is 5.75. The molecule has 4 heteroatoms. The summed E-state index contributed by atoms with van der Waals surface area (Å²) in [6.07, 6.45) is 0. The molecule has 2 rings (SSSR count). The fraction of sp³-hybridized carbons (Fsp3) is 0.188. The average Bonchev–Trinajstić information content (AvgIpc) is 2.46. The summed E-state index contributed by atoms with van der Waals surface area (Å²) >= 11 is 0. The van der Waals surface area contributed by atoms with Gasteiger partial charge in [-0.05, 0) is 17.7 Å². The summed E-state index contributed by atoms with van der Waals surface area (Å²) in [5.41, 5.74) is 4.01. The first-order valence-electron chi connectivity index (χ1n) is 6.34. The van der Waals surface area contributed by atoms with Gasteiger partial charge in [0, 0.05) is 12.5 Å². The van der Waals surface area contributed by atoms with Gasteiger partial charge in [0.05, 0.1) is 0 Å². The lowest BCUT2D eigenvalue weighted by Gasteiger charge is -2.22. The summed E-state index contributed by atoms with van der Waals surface area (Å²) in [6.45, 7) is 1.95. The SMILES string of the molecule is C[C@@]([NH3+])(C(=O)[O-])c1cccc(OCc2ccccc2)c1. The minimum atomic E-state index is -1.29. The first-order valence-corrected chi connectivity index (χ1v) is 6.34. The van der Waals surface area contributed by atoms with Gasteiger partial charge in [0.2, 0.25) is 0 Å². The highest BCUT2D eigenvalue weighted by Gasteiger charge is 2.27. The van der Waals surface area contributed by atoms with Crippen LogP contribution in [0, 0.1) is 0 Å². The van der Waals surface area contributed by atoms with Crippen molar-refractivity contribution >= 4 is 5.97 Å². The molecule has 20 heavy (non-hydrogen) atoms. The molecule has 0 saturated heterocycles. The molecule has 0 saturated carbocycles. The summed E-state index contributed by atoms with van der Waals surface area (Å²) < 4.78 is 5.67. The van der Waals surface area contributed by atoms with Crippen LogP contribution in [0.4, 0.5) is 0 Å². The molecule has 0 amide bonds. The maximum atomic E-state index is 11.1. The number of rotatable bonds is 5. The van der Waals surface area contributed by atoms with E-state index >= 15 is 0 Å². The zero-order chi connectivity index (χ0) is 14.6. The van der Waals surface area contributed by atoms with E-state index < -0.39 is 11.5 Å². The highest BCUT2D eigenvalue weighted by molar-refractivity contribution is 5.76. The van der Waals surface area contributed by atoms with E-state index in [9.17, 15) is 9.90 Å². The van der Waals surface area contributed by atoms with Crippen molar-refractivity contribution in [3.63, 3.8) is 0 Å². The molecule has 0 unspecified atom stereocenters. The molecule has 1 atom stereocenters. The zero-order valence-electron chi connectivity index (χ0n) is 11.3. The number of hydrogen-bond acceptors (Lipinski definition) is 3. The van der Waals surface area contributed by atoms with Crippen LogP contribution in [0.5, 0.6) is 5.75 Å². The number of aliphatic carboxylic acids is 1. The molecular formula is C16H17NO3. The standard InChI is InChI=1S/C16H17NO3/c1-16(17,15(18)19)13-8-5-9-14(10-13)20-11-12-6-3-2-4-7-12/h2-10H,11,17H2,1H3,(H,18,19)/t16-/m0/s1. The van der Waals surface area contributed by atoms with Gasteiger partial charge in [-0.25, -0.2) is 0 Å². The molecule has 0 aliphatic carbocycles. The summed E-state index contributed by atoms with van der Waals surface area (Å²) in [4.78, 5) is 11.1. The summed E-state index contributed by atoms with van der Waals surface area (Å²) in [5.74, 6) is -0.597. The van der Waals surface area contributed by atoms with Gasteiger partial charge in [0.25, 0.3) is 0 Å². The van der Waals surface area contributed by atoms with Crippen LogP contribution in [0.2, 0.25) is 0 Å². The zero-order valence-corrected chi connectivity index (χ0v) is 11.3. The molecule has 0 bridgehead atoms. The number of carbonyl (C=O) groups excluding carboxylic acids is 1. The van der Waals surface area contributed by atoms with Crippen molar-refractivity contribution in [1.29, 1.82) is 0 Å². The molecule has 0 heterocycles. The molecule has 0 radical (unpaired) electrons. The van der Waals surface area contributed by atoms with Crippen molar-refractivity contribution in [1.82, 2.24) is 0 Å². The van der Waals surface area contributed by atoms with Gasteiger partial charge in [-0.3, -0.25) is 0 Å². The van der Waals surface area contributed by atoms with Gasteiger partial charge in [0.1, 0.15) is 18.3 Å². The maximum absolute atomic E-state index is 11.1. The van der Waals surface area contributed by atoms with Crippen LogP contribution in [0.25, 0.3) is 0 Å². The first-order chi connectivity index (χ1) is 9.50. The van der Waals surface area contributed by atoms with Crippen molar-refractivity contribution in [2.75, 3.05) is 0 Å². The second-order valence-electron chi connectivity index (χ2n) is 4.92. The van der Waals surface area contributed by atoms with Crippen molar-refractivity contribution in [2.24, 2.45) is 0 Å². The van der Waals surface area contributed by atoms with Crippen molar-refractivity contribution < 1.29 is 20.4 Å². The normalized spacial score (nSPS) is 13.5. The van der Waals surface area contributed by atoms with Gasteiger partial charge in [-0.15, -0.1) is 0 Å². The Morgan fingerprint density at radius 1 is 1.20 bits per heavy atom. The lowest BCUT2D eigenvalue weighted by Crippen LogP contribution is -2.75. The number of carbonyl (C=O) groups is 1. The molecule has 0 aliphatic rings. The Balaban J connectivity index is 2.13. The molecule has 4 nitrogen and oxygen atoms in total. The van der Waals surface area contributed by atoms with Crippen LogP contribution in [0.1, 0.15) is 18.1 Å². The number of hydrogen-bond donors (Lipinski definition) is 1. The molecule has 0 fully saturated rings. The Labute approximate surface area is 117 Å². The monoisotopic (exact) mass is 271 g/mol. The van der Waals surface area contributed by atoms with Crippen LogP contribution < -0.4 is 15.6 Å². The van der Waals surface area contributed by atoms with Gasteiger partial charge in [-0.1, -0.05) is 42.5 Å². The molecule has 0 aromatic heterocycles. The van der Waals surface area contributed by atoms with E-state index in [1.165, 1.54) is 6.92 Å². The Morgan fingerprint density at radius 3 is 2.55 bits per heavy atom. The topological polar surface area (TPSA) is 77.0 Å². The van der Waals surface area contributed by atoms with Crippen LogP contribution in [0.3, 0.4) is 0 Å². The van der Waals surface area contributed by atoms with Crippen molar-refractivity contribution in [3.8, 4) is 5.75 Å². The highest BCUT2D eigenvalue weighted by Crippen LogP contribution is 2.21. The molecule has 0 aliphatic heterocycles. The lowest BCUT2D eigenvalue weighted by molar-refractivity contribution is -0.489. The summed E-state index contributed by atoms with van der Waals surface area (Å²) in [5, 5.41) is 11.1. The van der Waals surface area contributed by atoms with Gasteiger partial charge in [0.15, 0.2) is 5.54 Å². The third-order valence-corrected chi connectivity index (χ3v) is 3.17. The third kappa shape index (κ3) is 3.16. The van der Waals surface area contributed by atoms with Gasteiger partial charge >= 0.3 is 0 Å².